The molecular formula is C11H17N3O. The lowest BCUT2D eigenvalue weighted by atomic mass is 10.2. The average Bonchev–Trinajstić information content (AvgIpc) is 2.26. The van der Waals surface area contributed by atoms with Crippen molar-refractivity contribution >= 4 is 17.4 Å². The molecule has 1 aromatic rings. The SMILES string of the molecule is CCN(C)C(=O)N(C)c1ccccc1N. The highest BCUT2D eigenvalue weighted by Crippen LogP contribution is 2.21. The summed E-state index contributed by atoms with van der Waals surface area (Å²) in [7, 11) is 3.48. The van der Waals surface area contributed by atoms with Gasteiger partial charge in [-0.2, -0.15) is 0 Å². The first-order valence-electron chi connectivity index (χ1n) is 4.91. The van der Waals surface area contributed by atoms with Gasteiger partial charge in [0.25, 0.3) is 0 Å². The van der Waals surface area contributed by atoms with Crippen LogP contribution in [-0.4, -0.2) is 31.6 Å². The predicted octanol–water partition coefficient (Wildman–Crippen LogP) is 1.78. The third kappa shape index (κ3) is 2.40. The molecule has 2 amide bonds. The molecule has 0 atom stereocenters. The van der Waals surface area contributed by atoms with Gasteiger partial charge >= 0.3 is 6.03 Å². The lowest BCUT2D eigenvalue weighted by Crippen LogP contribution is -2.38. The number of nitrogen functional groups attached to an aromatic ring is 1. The Bertz CT molecular complexity index is 351. The van der Waals surface area contributed by atoms with E-state index in [1.165, 1.54) is 0 Å². The Morgan fingerprint density at radius 2 is 1.93 bits per heavy atom. The van der Waals surface area contributed by atoms with E-state index in [2.05, 4.69) is 0 Å². The van der Waals surface area contributed by atoms with E-state index in [9.17, 15) is 4.79 Å². The molecule has 0 bridgehead atoms. The summed E-state index contributed by atoms with van der Waals surface area (Å²) in [5, 5.41) is 0. The Kier molecular flexibility index (Phi) is 3.55. The van der Waals surface area contributed by atoms with Gasteiger partial charge in [0.15, 0.2) is 0 Å². The molecule has 2 N–H and O–H groups in total. The average molecular weight is 207 g/mol. The van der Waals surface area contributed by atoms with Crippen LogP contribution in [0, 0.1) is 0 Å². The lowest BCUT2D eigenvalue weighted by molar-refractivity contribution is 0.219. The van der Waals surface area contributed by atoms with Gasteiger partial charge in [0, 0.05) is 20.6 Å². The summed E-state index contributed by atoms with van der Waals surface area (Å²) >= 11 is 0. The van der Waals surface area contributed by atoms with Crippen molar-refractivity contribution in [3.8, 4) is 0 Å². The van der Waals surface area contributed by atoms with Crippen molar-refractivity contribution in [1.29, 1.82) is 0 Å². The number of hydrogen-bond donors (Lipinski definition) is 1. The first kappa shape index (κ1) is 11.4. The summed E-state index contributed by atoms with van der Waals surface area (Å²) in [6.07, 6.45) is 0. The van der Waals surface area contributed by atoms with Crippen LogP contribution in [0.1, 0.15) is 6.92 Å². The van der Waals surface area contributed by atoms with E-state index >= 15 is 0 Å². The Morgan fingerprint density at radius 1 is 1.33 bits per heavy atom. The zero-order chi connectivity index (χ0) is 11.4. The monoisotopic (exact) mass is 207 g/mol. The standard InChI is InChI=1S/C11H17N3O/c1-4-13(2)11(15)14(3)10-8-6-5-7-9(10)12/h5-8H,4,12H2,1-3H3. The van der Waals surface area contributed by atoms with Gasteiger partial charge in [0.05, 0.1) is 11.4 Å². The van der Waals surface area contributed by atoms with Crippen LogP contribution in [0.4, 0.5) is 16.2 Å². The zero-order valence-corrected chi connectivity index (χ0v) is 9.40. The highest BCUT2D eigenvalue weighted by molar-refractivity contribution is 5.94. The Labute approximate surface area is 90.3 Å². The van der Waals surface area contributed by atoms with Crippen LogP contribution < -0.4 is 10.6 Å². The number of nitrogens with zero attached hydrogens (tertiary/aromatic N) is 2. The van der Waals surface area contributed by atoms with Crippen molar-refractivity contribution in [3.63, 3.8) is 0 Å². The largest absolute Gasteiger partial charge is 0.397 e. The Hall–Kier alpha value is -1.71. The third-order valence-corrected chi connectivity index (χ3v) is 2.39. The van der Waals surface area contributed by atoms with Gasteiger partial charge in [-0.1, -0.05) is 12.1 Å². The zero-order valence-electron chi connectivity index (χ0n) is 9.40. The van der Waals surface area contributed by atoms with E-state index in [0.29, 0.717) is 12.2 Å². The van der Waals surface area contributed by atoms with E-state index in [-0.39, 0.29) is 6.03 Å². The summed E-state index contributed by atoms with van der Waals surface area (Å²) in [5.74, 6) is 0. The van der Waals surface area contributed by atoms with Gasteiger partial charge in [-0.05, 0) is 19.1 Å². The van der Waals surface area contributed by atoms with Gasteiger partial charge in [0.1, 0.15) is 0 Å². The number of nitrogens with two attached hydrogens (primary N) is 1. The number of carbonyl (C=O) groups excluding carboxylic acids is 1. The Morgan fingerprint density at radius 3 is 2.47 bits per heavy atom. The molecule has 0 fully saturated rings. The predicted molar refractivity (Wildman–Crippen MR) is 63.0 cm³/mol. The van der Waals surface area contributed by atoms with Crippen molar-refractivity contribution in [3.05, 3.63) is 24.3 Å². The van der Waals surface area contributed by atoms with E-state index in [0.717, 1.165) is 5.69 Å². The number of rotatable bonds is 2. The van der Waals surface area contributed by atoms with Crippen LogP contribution in [0.25, 0.3) is 0 Å². The fourth-order valence-electron chi connectivity index (χ4n) is 1.29. The fraction of sp³-hybridized carbons (Fsp3) is 0.364. The molecule has 1 rings (SSSR count). The summed E-state index contributed by atoms with van der Waals surface area (Å²) in [5.41, 5.74) is 7.14. The first-order valence-corrected chi connectivity index (χ1v) is 4.91. The van der Waals surface area contributed by atoms with Gasteiger partial charge in [-0.3, -0.25) is 4.90 Å². The molecule has 1 aromatic carbocycles. The summed E-state index contributed by atoms with van der Waals surface area (Å²) < 4.78 is 0. The number of para-hydroxylation sites is 2. The second-order valence-electron chi connectivity index (χ2n) is 3.41. The molecule has 0 aromatic heterocycles. The highest BCUT2D eigenvalue weighted by Gasteiger charge is 2.15. The molecule has 0 radical (unpaired) electrons. The van der Waals surface area contributed by atoms with Crippen molar-refractivity contribution in [2.45, 2.75) is 6.92 Å². The van der Waals surface area contributed by atoms with Crippen molar-refractivity contribution in [1.82, 2.24) is 4.90 Å². The molecule has 82 valence electrons. The van der Waals surface area contributed by atoms with Crippen LogP contribution in [0.5, 0.6) is 0 Å². The molecule has 0 aliphatic rings. The fourth-order valence-corrected chi connectivity index (χ4v) is 1.29. The van der Waals surface area contributed by atoms with Crippen LogP contribution in [-0.2, 0) is 0 Å². The van der Waals surface area contributed by atoms with E-state index < -0.39 is 0 Å². The number of urea groups is 1. The van der Waals surface area contributed by atoms with Gasteiger partial charge in [0.2, 0.25) is 0 Å². The van der Waals surface area contributed by atoms with Gasteiger partial charge in [-0.25, -0.2) is 4.79 Å². The van der Waals surface area contributed by atoms with Crippen LogP contribution in [0.2, 0.25) is 0 Å². The topological polar surface area (TPSA) is 49.6 Å². The number of benzene rings is 1. The number of amides is 2. The van der Waals surface area contributed by atoms with E-state index in [1.807, 2.05) is 25.1 Å². The van der Waals surface area contributed by atoms with Crippen molar-refractivity contribution in [2.24, 2.45) is 0 Å². The molecule has 0 unspecified atom stereocenters. The maximum absolute atomic E-state index is 11.8. The Balaban J connectivity index is 2.90. The highest BCUT2D eigenvalue weighted by atomic mass is 16.2. The second kappa shape index (κ2) is 4.68. The molecule has 0 saturated heterocycles. The van der Waals surface area contributed by atoms with E-state index in [4.69, 9.17) is 5.73 Å². The summed E-state index contributed by atoms with van der Waals surface area (Å²) in [6, 6.07) is 7.26. The maximum Gasteiger partial charge on any atom is 0.324 e. The normalized spacial score (nSPS) is 9.80. The minimum Gasteiger partial charge on any atom is -0.397 e. The van der Waals surface area contributed by atoms with Crippen molar-refractivity contribution < 1.29 is 4.79 Å². The van der Waals surface area contributed by atoms with Crippen LogP contribution in [0.3, 0.4) is 0 Å². The smallest absolute Gasteiger partial charge is 0.324 e. The molecule has 4 nitrogen and oxygen atoms in total. The number of hydrogen-bond acceptors (Lipinski definition) is 2. The van der Waals surface area contributed by atoms with Crippen LogP contribution >= 0.6 is 0 Å². The summed E-state index contributed by atoms with van der Waals surface area (Å²) in [6.45, 7) is 2.61. The minimum absolute atomic E-state index is 0.0598. The third-order valence-electron chi connectivity index (χ3n) is 2.39. The quantitative estimate of drug-likeness (QED) is 0.751. The lowest BCUT2D eigenvalue weighted by Gasteiger charge is -2.24. The molecule has 0 saturated carbocycles. The van der Waals surface area contributed by atoms with Gasteiger partial charge in [-0.15, -0.1) is 0 Å². The molecule has 0 spiro atoms. The van der Waals surface area contributed by atoms with Crippen LogP contribution in [0.15, 0.2) is 24.3 Å². The molecule has 0 aliphatic heterocycles. The molecule has 0 aliphatic carbocycles. The second-order valence-corrected chi connectivity index (χ2v) is 3.41. The van der Waals surface area contributed by atoms with Gasteiger partial charge < -0.3 is 10.6 Å². The molecule has 15 heavy (non-hydrogen) atoms. The van der Waals surface area contributed by atoms with E-state index in [1.54, 1.807) is 30.0 Å². The summed E-state index contributed by atoms with van der Waals surface area (Å²) in [4.78, 5) is 15.0. The maximum atomic E-state index is 11.8. The molecule has 4 heteroatoms. The first-order chi connectivity index (χ1) is 7.07. The van der Waals surface area contributed by atoms with Crippen molar-refractivity contribution in [2.75, 3.05) is 31.3 Å². The number of carbonyl (C=O) groups is 1. The number of anilines is 2. The minimum atomic E-state index is -0.0598. The molecular weight excluding hydrogens is 190 g/mol. The molecule has 0 heterocycles.